The van der Waals surface area contributed by atoms with Crippen molar-refractivity contribution in [3.8, 4) is 0 Å². The van der Waals surface area contributed by atoms with Gasteiger partial charge in [-0.15, -0.1) is 0 Å². The van der Waals surface area contributed by atoms with Gasteiger partial charge >= 0.3 is 0 Å². The van der Waals surface area contributed by atoms with Crippen LogP contribution >= 0.6 is 0 Å². The van der Waals surface area contributed by atoms with Crippen LogP contribution < -0.4 is 10.6 Å². The Morgan fingerprint density at radius 3 is 2.07 bits per heavy atom. The number of benzene rings is 2. The molecule has 0 heterocycles. The first kappa shape index (κ1) is 22.7. The van der Waals surface area contributed by atoms with Crippen molar-refractivity contribution in [3.05, 3.63) is 76.9 Å². The fourth-order valence-electron chi connectivity index (χ4n) is 4.22. The summed E-state index contributed by atoms with van der Waals surface area (Å²) in [6.45, 7) is 4.15. The van der Waals surface area contributed by atoms with Crippen LogP contribution in [0.2, 0.25) is 0 Å². The lowest BCUT2D eigenvalue weighted by molar-refractivity contribution is 0.263. The van der Waals surface area contributed by atoms with Crippen LogP contribution in [0.1, 0.15) is 47.9 Å². The second kappa shape index (κ2) is 12.7. The highest BCUT2D eigenvalue weighted by atomic mass is 16.3. The average Bonchev–Trinajstić information content (AvgIpc) is 2.80. The number of hydrogen-bond acceptors (Lipinski definition) is 4. The summed E-state index contributed by atoms with van der Waals surface area (Å²) in [7, 11) is 0. The lowest BCUT2D eigenvalue weighted by Gasteiger charge is -2.28. The topological polar surface area (TPSA) is 64.5 Å². The molecular weight excluding hydrogens is 372 g/mol. The van der Waals surface area contributed by atoms with Crippen LogP contribution in [0.3, 0.4) is 0 Å². The largest absolute Gasteiger partial charge is 0.392 e. The zero-order chi connectivity index (χ0) is 21.0. The van der Waals surface area contributed by atoms with Crippen LogP contribution in [-0.4, -0.2) is 29.8 Å². The Kier molecular flexibility index (Phi) is 9.58. The SMILES string of the molecule is OCc1ccc(CNCC2CCC(CNCC=Cc3ccccc3CO)CC2)cc1. The number of aliphatic hydroxyl groups excluding tert-OH is 2. The molecule has 3 rings (SSSR count). The van der Waals surface area contributed by atoms with Crippen LogP contribution in [-0.2, 0) is 19.8 Å². The van der Waals surface area contributed by atoms with Gasteiger partial charge in [-0.2, -0.15) is 0 Å². The highest BCUT2D eigenvalue weighted by Crippen LogP contribution is 2.28. The van der Waals surface area contributed by atoms with E-state index in [1.54, 1.807) is 0 Å². The molecule has 2 aromatic carbocycles. The maximum absolute atomic E-state index is 9.38. The standard InChI is InChI=1S/C26H36N2O2/c29-19-24-13-11-23(12-14-24)18-28-17-22-9-7-21(8-10-22)16-27-15-3-6-25-4-1-2-5-26(25)20-30/h1-6,11-14,21-22,27-30H,7-10,15-20H2. The minimum absolute atomic E-state index is 0.0854. The van der Waals surface area contributed by atoms with Crippen molar-refractivity contribution in [2.45, 2.75) is 45.4 Å². The molecular formula is C26H36N2O2. The van der Waals surface area contributed by atoms with E-state index in [0.29, 0.717) is 0 Å². The second-order valence-corrected chi connectivity index (χ2v) is 8.41. The number of rotatable bonds is 11. The van der Waals surface area contributed by atoms with Crippen LogP contribution in [0.4, 0.5) is 0 Å². The van der Waals surface area contributed by atoms with E-state index in [1.807, 2.05) is 36.4 Å². The van der Waals surface area contributed by atoms with Gasteiger partial charge in [0.2, 0.25) is 0 Å². The molecule has 1 aliphatic rings. The molecule has 0 amide bonds. The predicted molar refractivity (Wildman–Crippen MR) is 124 cm³/mol. The lowest BCUT2D eigenvalue weighted by Crippen LogP contribution is -2.30. The molecule has 30 heavy (non-hydrogen) atoms. The molecule has 4 heteroatoms. The van der Waals surface area contributed by atoms with Gasteiger partial charge in [0.15, 0.2) is 0 Å². The highest BCUT2D eigenvalue weighted by molar-refractivity contribution is 5.53. The molecule has 162 valence electrons. The molecule has 0 atom stereocenters. The van der Waals surface area contributed by atoms with Gasteiger partial charge in [-0.1, -0.05) is 60.7 Å². The van der Waals surface area contributed by atoms with E-state index >= 15 is 0 Å². The van der Waals surface area contributed by atoms with Crippen LogP contribution in [0, 0.1) is 11.8 Å². The summed E-state index contributed by atoms with van der Waals surface area (Å²) in [6, 6.07) is 16.2. The van der Waals surface area contributed by atoms with Crippen molar-refractivity contribution in [1.29, 1.82) is 0 Å². The van der Waals surface area contributed by atoms with Crippen molar-refractivity contribution < 1.29 is 10.2 Å². The van der Waals surface area contributed by atoms with E-state index in [4.69, 9.17) is 5.11 Å². The van der Waals surface area contributed by atoms with Gasteiger partial charge in [0.05, 0.1) is 13.2 Å². The fraction of sp³-hybridized carbons (Fsp3) is 0.462. The summed E-state index contributed by atoms with van der Waals surface area (Å²) < 4.78 is 0. The van der Waals surface area contributed by atoms with E-state index in [0.717, 1.165) is 54.7 Å². The van der Waals surface area contributed by atoms with Crippen molar-refractivity contribution in [1.82, 2.24) is 10.6 Å². The van der Waals surface area contributed by atoms with Gasteiger partial charge in [-0.3, -0.25) is 0 Å². The first-order valence-electron chi connectivity index (χ1n) is 11.2. The molecule has 2 aromatic rings. The van der Waals surface area contributed by atoms with Gasteiger partial charge in [0, 0.05) is 13.1 Å². The summed E-state index contributed by atoms with van der Waals surface area (Å²) >= 11 is 0. The molecule has 1 saturated carbocycles. The molecule has 0 saturated heterocycles. The minimum atomic E-state index is 0.0854. The summed E-state index contributed by atoms with van der Waals surface area (Å²) in [5.74, 6) is 1.57. The van der Waals surface area contributed by atoms with Crippen molar-refractivity contribution in [2.24, 2.45) is 11.8 Å². The predicted octanol–water partition coefficient (Wildman–Crippen LogP) is 3.87. The monoisotopic (exact) mass is 408 g/mol. The van der Waals surface area contributed by atoms with Crippen molar-refractivity contribution >= 4 is 6.08 Å². The van der Waals surface area contributed by atoms with Crippen molar-refractivity contribution in [3.63, 3.8) is 0 Å². The van der Waals surface area contributed by atoms with Gasteiger partial charge in [-0.05, 0) is 72.9 Å². The maximum atomic E-state index is 9.38. The molecule has 0 aliphatic heterocycles. The van der Waals surface area contributed by atoms with Gasteiger partial charge in [-0.25, -0.2) is 0 Å². The summed E-state index contributed by atoms with van der Waals surface area (Å²) in [4.78, 5) is 0. The average molecular weight is 409 g/mol. The summed E-state index contributed by atoms with van der Waals surface area (Å²) in [6.07, 6.45) is 9.48. The normalized spacial score (nSPS) is 19.4. The molecule has 1 aliphatic carbocycles. The van der Waals surface area contributed by atoms with E-state index in [1.165, 1.54) is 31.2 Å². The van der Waals surface area contributed by atoms with Crippen LogP contribution in [0.25, 0.3) is 6.08 Å². The maximum Gasteiger partial charge on any atom is 0.0687 e. The third-order valence-electron chi connectivity index (χ3n) is 6.15. The Labute approximate surface area is 181 Å². The van der Waals surface area contributed by atoms with Gasteiger partial charge in [0.1, 0.15) is 0 Å². The summed E-state index contributed by atoms with van der Waals surface area (Å²) in [5.41, 5.74) is 4.32. The Balaban J connectivity index is 1.27. The number of hydrogen-bond donors (Lipinski definition) is 4. The van der Waals surface area contributed by atoms with Crippen LogP contribution in [0.15, 0.2) is 54.6 Å². The molecule has 0 spiro atoms. The molecule has 0 aromatic heterocycles. The first-order valence-corrected chi connectivity index (χ1v) is 11.2. The number of nitrogens with one attached hydrogen (secondary N) is 2. The molecule has 1 fully saturated rings. The Hall–Kier alpha value is -1.98. The Morgan fingerprint density at radius 2 is 1.40 bits per heavy atom. The van der Waals surface area contributed by atoms with E-state index in [2.05, 4.69) is 34.9 Å². The van der Waals surface area contributed by atoms with Crippen molar-refractivity contribution in [2.75, 3.05) is 19.6 Å². The molecule has 4 nitrogen and oxygen atoms in total. The zero-order valence-corrected chi connectivity index (χ0v) is 17.9. The zero-order valence-electron chi connectivity index (χ0n) is 17.9. The van der Waals surface area contributed by atoms with E-state index in [9.17, 15) is 5.11 Å². The minimum Gasteiger partial charge on any atom is -0.392 e. The smallest absolute Gasteiger partial charge is 0.0687 e. The second-order valence-electron chi connectivity index (χ2n) is 8.41. The molecule has 0 radical (unpaired) electrons. The van der Waals surface area contributed by atoms with E-state index < -0.39 is 0 Å². The number of aliphatic hydroxyl groups is 2. The highest BCUT2D eigenvalue weighted by Gasteiger charge is 2.20. The molecule has 0 bridgehead atoms. The third kappa shape index (κ3) is 7.37. The third-order valence-corrected chi connectivity index (χ3v) is 6.15. The van der Waals surface area contributed by atoms with Gasteiger partial charge in [0.25, 0.3) is 0 Å². The quantitative estimate of drug-likeness (QED) is 0.426. The Bertz CT molecular complexity index is 765. The summed E-state index contributed by atoms with van der Waals surface area (Å²) in [5, 5.41) is 25.7. The van der Waals surface area contributed by atoms with Crippen LogP contribution in [0.5, 0.6) is 0 Å². The first-order chi connectivity index (χ1) is 14.8. The van der Waals surface area contributed by atoms with Gasteiger partial charge < -0.3 is 20.8 Å². The molecule has 0 unspecified atom stereocenters. The van der Waals surface area contributed by atoms with E-state index in [-0.39, 0.29) is 13.2 Å². The fourth-order valence-corrected chi connectivity index (χ4v) is 4.22. The lowest BCUT2D eigenvalue weighted by atomic mass is 9.82. The Morgan fingerprint density at radius 1 is 0.767 bits per heavy atom. The molecule has 4 N–H and O–H groups in total.